The Labute approximate surface area is 199 Å². The fraction of sp³-hybridized carbons (Fsp3) is 0.250. The number of nitrogens with one attached hydrogen (secondary N) is 2. The molecule has 2 aromatic rings. The summed E-state index contributed by atoms with van der Waals surface area (Å²) in [7, 11) is -3.38. The Hall–Kier alpha value is -3.63. The first kappa shape index (κ1) is 27.0. The van der Waals surface area contributed by atoms with Crippen molar-refractivity contribution >= 4 is 28.1 Å². The fourth-order valence-electron chi connectivity index (χ4n) is 3.33. The quantitative estimate of drug-likeness (QED) is 0.196. The number of nitrogens with zero attached hydrogens (tertiary/aromatic N) is 1. The van der Waals surface area contributed by atoms with E-state index in [0.29, 0.717) is 4.31 Å². The Bertz CT molecular complexity index is 1310. The van der Waals surface area contributed by atoms with Crippen LogP contribution in [0.2, 0.25) is 0 Å². The average molecular weight is 537 g/mol. The van der Waals surface area contributed by atoms with E-state index in [4.69, 9.17) is 0 Å². The van der Waals surface area contributed by atoms with Crippen LogP contribution in [-0.4, -0.2) is 55.0 Å². The van der Waals surface area contributed by atoms with E-state index in [0.717, 1.165) is 7.11 Å². The van der Waals surface area contributed by atoms with Crippen molar-refractivity contribution in [1.82, 2.24) is 14.3 Å². The number of methoxy groups -OCH3 is 1. The predicted octanol–water partition coefficient (Wildman–Crippen LogP) is 0.957. The molecule has 36 heavy (non-hydrogen) atoms. The molecule has 16 heteroatoms. The summed E-state index contributed by atoms with van der Waals surface area (Å²) in [4.78, 5) is 35.5. The van der Waals surface area contributed by atoms with E-state index in [1.54, 1.807) is 4.72 Å². The van der Waals surface area contributed by atoms with E-state index >= 15 is 0 Å². The minimum absolute atomic E-state index is 0.128. The Kier molecular flexibility index (Phi) is 7.61. The molecule has 10 nitrogen and oxygen atoms in total. The summed E-state index contributed by atoms with van der Waals surface area (Å²) in [6.45, 7) is -0.533. The van der Waals surface area contributed by atoms with Crippen molar-refractivity contribution in [2.45, 2.75) is 25.2 Å². The maximum absolute atomic E-state index is 14.1. The molecule has 0 aromatic heterocycles. The molecule has 194 valence electrons. The number of carbonyl (C=O) groups is 3. The topological polar surface area (TPSA) is 142 Å². The Balaban J connectivity index is 1.90. The predicted molar refractivity (Wildman–Crippen MR) is 109 cm³/mol. The van der Waals surface area contributed by atoms with Crippen LogP contribution in [0.25, 0.3) is 0 Å². The van der Waals surface area contributed by atoms with Crippen LogP contribution in [0.5, 0.6) is 0 Å². The molecule has 2 atom stereocenters. The van der Waals surface area contributed by atoms with Crippen molar-refractivity contribution in [2.75, 3.05) is 7.11 Å². The second-order valence-electron chi connectivity index (χ2n) is 7.42. The fourth-order valence-corrected chi connectivity index (χ4v) is 4.57. The van der Waals surface area contributed by atoms with E-state index in [1.807, 2.05) is 0 Å². The van der Waals surface area contributed by atoms with Crippen molar-refractivity contribution in [3.05, 3.63) is 70.0 Å². The molecule has 3 rings (SSSR count). The van der Waals surface area contributed by atoms with Crippen LogP contribution in [0.1, 0.15) is 21.5 Å². The summed E-state index contributed by atoms with van der Waals surface area (Å²) in [5.41, 5.74) is -1.11. The summed E-state index contributed by atoms with van der Waals surface area (Å²) < 4.78 is 99.9. The molecule has 0 radical (unpaired) electrons. The van der Waals surface area contributed by atoms with E-state index < -0.39 is 87.9 Å². The van der Waals surface area contributed by atoms with Gasteiger partial charge < -0.3 is 9.84 Å². The van der Waals surface area contributed by atoms with Gasteiger partial charge in [0.05, 0.1) is 12.7 Å². The van der Waals surface area contributed by atoms with E-state index in [2.05, 4.69) is 10.1 Å². The number of aliphatic carboxylic acids is 1. The number of carboxylic acids is 1. The number of benzene rings is 2. The van der Waals surface area contributed by atoms with Crippen molar-refractivity contribution in [3.8, 4) is 0 Å². The van der Waals surface area contributed by atoms with Crippen molar-refractivity contribution in [2.24, 2.45) is 0 Å². The Morgan fingerprint density at radius 3 is 2.08 bits per heavy atom. The number of hydrogen-bond acceptors (Lipinski definition) is 7. The molecular weight excluding hydrogens is 521 g/mol. The van der Waals surface area contributed by atoms with Gasteiger partial charge in [-0.3, -0.25) is 14.9 Å². The number of hydrogen-bond donors (Lipinski definition) is 3. The SMILES string of the molecule is COC(=O)c1ccc(CN2[C@@H](N[C@@H](Cc3c(F)c(F)c(F)c(F)c3F)C(=O)O)C(=O)NS2(=O)=O)cc1. The van der Waals surface area contributed by atoms with E-state index in [9.17, 15) is 49.9 Å². The highest BCUT2D eigenvalue weighted by Crippen LogP contribution is 2.25. The highest BCUT2D eigenvalue weighted by Gasteiger charge is 2.45. The second kappa shape index (κ2) is 10.2. The lowest BCUT2D eigenvalue weighted by atomic mass is 10.0. The first-order chi connectivity index (χ1) is 16.8. The lowest BCUT2D eigenvalue weighted by Gasteiger charge is -2.24. The molecule has 1 aliphatic heterocycles. The van der Waals surface area contributed by atoms with Gasteiger partial charge in [-0.25, -0.2) is 31.5 Å². The molecule has 0 bridgehead atoms. The van der Waals surface area contributed by atoms with Crippen LogP contribution in [0.3, 0.4) is 0 Å². The first-order valence-corrected chi connectivity index (χ1v) is 11.2. The zero-order valence-electron chi connectivity index (χ0n) is 18.0. The highest BCUT2D eigenvalue weighted by molar-refractivity contribution is 7.88. The molecule has 1 amide bonds. The van der Waals surface area contributed by atoms with Crippen LogP contribution in [0.15, 0.2) is 24.3 Å². The summed E-state index contributed by atoms with van der Waals surface area (Å²) in [5, 5.41) is 11.5. The lowest BCUT2D eigenvalue weighted by Crippen LogP contribution is -2.53. The number of carbonyl (C=O) groups excluding carboxylic acids is 2. The minimum atomic E-state index is -4.53. The Morgan fingerprint density at radius 2 is 1.58 bits per heavy atom. The zero-order chi connectivity index (χ0) is 26.9. The van der Waals surface area contributed by atoms with Crippen LogP contribution < -0.4 is 10.0 Å². The molecule has 0 spiro atoms. The smallest absolute Gasteiger partial charge is 0.337 e. The van der Waals surface area contributed by atoms with Gasteiger partial charge in [0, 0.05) is 18.5 Å². The largest absolute Gasteiger partial charge is 0.480 e. The third kappa shape index (κ3) is 5.14. The van der Waals surface area contributed by atoms with Gasteiger partial charge in [0.1, 0.15) is 6.04 Å². The van der Waals surface area contributed by atoms with E-state index in [-0.39, 0.29) is 11.1 Å². The summed E-state index contributed by atoms with van der Waals surface area (Å²) >= 11 is 0. The molecule has 1 fully saturated rings. The number of rotatable bonds is 8. The molecule has 1 saturated heterocycles. The third-order valence-corrected chi connectivity index (χ3v) is 6.57. The molecule has 0 aliphatic carbocycles. The minimum Gasteiger partial charge on any atom is -0.480 e. The number of esters is 1. The van der Waals surface area contributed by atoms with Gasteiger partial charge in [0.25, 0.3) is 5.91 Å². The van der Waals surface area contributed by atoms with Gasteiger partial charge in [0.15, 0.2) is 29.4 Å². The van der Waals surface area contributed by atoms with Crippen molar-refractivity contribution < 1.29 is 54.6 Å². The molecule has 0 unspecified atom stereocenters. The van der Waals surface area contributed by atoms with Gasteiger partial charge in [-0.15, -0.1) is 0 Å². The summed E-state index contributed by atoms with van der Waals surface area (Å²) in [6.07, 6.45) is -3.26. The zero-order valence-corrected chi connectivity index (χ0v) is 18.8. The van der Waals surface area contributed by atoms with Crippen LogP contribution in [-0.2, 0) is 37.5 Å². The molecule has 3 N–H and O–H groups in total. The second-order valence-corrected chi connectivity index (χ2v) is 9.04. The molecule has 2 aromatic carbocycles. The summed E-state index contributed by atoms with van der Waals surface area (Å²) in [5.74, 6) is -15.4. The lowest BCUT2D eigenvalue weighted by molar-refractivity contribution is -0.140. The average Bonchev–Trinajstić information content (AvgIpc) is 3.05. The Morgan fingerprint density at radius 1 is 1.06 bits per heavy atom. The number of halogens is 5. The third-order valence-electron chi connectivity index (χ3n) is 5.15. The van der Waals surface area contributed by atoms with Gasteiger partial charge in [-0.05, 0) is 17.7 Å². The van der Waals surface area contributed by atoms with Gasteiger partial charge >= 0.3 is 22.1 Å². The molecule has 1 aliphatic rings. The van der Waals surface area contributed by atoms with Crippen molar-refractivity contribution in [1.29, 1.82) is 0 Å². The van der Waals surface area contributed by atoms with Gasteiger partial charge in [-0.2, -0.15) is 12.7 Å². The maximum Gasteiger partial charge on any atom is 0.337 e. The first-order valence-electron chi connectivity index (χ1n) is 9.78. The van der Waals surface area contributed by atoms with Crippen molar-refractivity contribution in [3.63, 3.8) is 0 Å². The number of amides is 1. The highest BCUT2D eigenvalue weighted by atomic mass is 32.2. The molecule has 1 heterocycles. The monoisotopic (exact) mass is 537 g/mol. The van der Waals surface area contributed by atoms with Crippen LogP contribution in [0.4, 0.5) is 22.0 Å². The standard InChI is InChI=1S/C20H16F5N3O7S/c1-35-20(32)9-4-2-8(3-5-9)7-28-17(18(29)27-36(28,33)34)26-11(19(30)31)6-10-12(21)14(23)16(25)15(24)13(10)22/h2-5,11,17,26H,6-7H2,1H3,(H,27,29)(H,30,31)/t11-,17+/m0/s1. The molecular formula is C20H16F5N3O7S. The molecule has 0 saturated carbocycles. The van der Waals surface area contributed by atoms with Crippen LogP contribution in [0, 0.1) is 29.1 Å². The summed E-state index contributed by atoms with van der Waals surface area (Å²) in [6, 6.07) is 3.08. The van der Waals surface area contributed by atoms with E-state index in [1.165, 1.54) is 24.3 Å². The number of carboxylic acid groups (broad SMARTS) is 1. The number of ether oxygens (including phenoxy) is 1. The van der Waals surface area contributed by atoms with Crippen LogP contribution >= 0.6 is 0 Å². The normalized spacial score (nSPS) is 18.1. The van der Waals surface area contributed by atoms with Gasteiger partial charge in [-0.1, -0.05) is 12.1 Å². The maximum atomic E-state index is 14.1. The van der Waals surface area contributed by atoms with Gasteiger partial charge in [0.2, 0.25) is 5.82 Å².